The van der Waals surface area contributed by atoms with Crippen molar-refractivity contribution in [2.24, 2.45) is 0 Å². The van der Waals surface area contributed by atoms with E-state index in [0.717, 1.165) is 0 Å². The third-order valence-electron chi connectivity index (χ3n) is 5.18. The summed E-state index contributed by atoms with van der Waals surface area (Å²) in [6, 6.07) is 15.5. The maximum atomic E-state index is 14.9. The summed E-state index contributed by atoms with van der Waals surface area (Å²) in [5, 5.41) is 9.52. The fourth-order valence-corrected chi connectivity index (χ4v) is 3.50. The minimum Gasteiger partial charge on any atom is -0.467 e. The molecule has 7 nitrogen and oxygen atoms in total. The number of ether oxygens (including phenoxy) is 1. The monoisotopic (exact) mass is 462 g/mol. The molecule has 0 unspecified atom stereocenters. The van der Waals surface area contributed by atoms with Gasteiger partial charge in [0.25, 0.3) is 5.91 Å². The number of amides is 1. The Kier molecular flexibility index (Phi) is 6.72. The Morgan fingerprint density at radius 1 is 1.06 bits per heavy atom. The summed E-state index contributed by atoms with van der Waals surface area (Å²) in [6.07, 6.45) is 1.68. The number of esters is 1. The third kappa shape index (κ3) is 4.98. The first-order valence-electron chi connectivity index (χ1n) is 10.3. The third-order valence-corrected chi connectivity index (χ3v) is 5.18. The highest BCUT2D eigenvalue weighted by molar-refractivity contribution is 6.02. The fraction of sp³-hybridized carbons (Fsp3) is 0.120. The molecular weight excluding hydrogens is 442 g/mol. The largest absolute Gasteiger partial charge is 0.467 e. The lowest BCUT2D eigenvalue weighted by Crippen LogP contribution is -2.43. The first kappa shape index (κ1) is 22.8. The van der Waals surface area contributed by atoms with Crippen molar-refractivity contribution in [3.63, 3.8) is 0 Å². The van der Waals surface area contributed by atoms with E-state index in [1.54, 1.807) is 42.6 Å². The lowest BCUT2D eigenvalue weighted by molar-refractivity contribution is -0.142. The van der Waals surface area contributed by atoms with Crippen LogP contribution >= 0.6 is 0 Å². The normalized spacial score (nSPS) is 11.6. The van der Waals surface area contributed by atoms with Gasteiger partial charge in [0, 0.05) is 29.4 Å². The number of nitrogens with zero attached hydrogens (tertiary/aromatic N) is 2. The molecule has 2 heterocycles. The maximum absolute atomic E-state index is 14.9. The van der Waals surface area contributed by atoms with Crippen LogP contribution in [-0.2, 0) is 16.0 Å². The Morgan fingerprint density at radius 2 is 1.85 bits per heavy atom. The number of benzene rings is 2. The van der Waals surface area contributed by atoms with Crippen molar-refractivity contribution in [2.75, 3.05) is 7.11 Å². The Labute approximate surface area is 193 Å². The van der Waals surface area contributed by atoms with Gasteiger partial charge in [-0.1, -0.05) is 12.1 Å². The number of pyridine rings is 1. The quantitative estimate of drug-likeness (QED) is 0.406. The summed E-state index contributed by atoms with van der Waals surface area (Å²) in [6.45, 7) is 0. The van der Waals surface area contributed by atoms with E-state index in [0.29, 0.717) is 17.0 Å². The molecule has 0 aliphatic heterocycles. The molecule has 0 saturated heterocycles. The van der Waals surface area contributed by atoms with E-state index in [4.69, 9.17) is 4.74 Å². The Hall–Kier alpha value is -4.40. The molecule has 2 N–H and O–H groups in total. The topological polar surface area (TPSA) is 97.0 Å². The van der Waals surface area contributed by atoms with E-state index in [1.165, 1.54) is 37.4 Å². The average molecular weight is 462 g/mol. The predicted octanol–water partition coefficient (Wildman–Crippen LogP) is 3.93. The molecule has 0 aliphatic rings. The van der Waals surface area contributed by atoms with E-state index in [1.807, 2.05) is 0 Å². The number of carbonyl (C=O) groups is 2. The maximum Gasteiger partial charge on any atom is 0.328 e. The second-order valence-corrected chi connectivity index (χ2v) is 7.41. The van der Waals surface area contributed by atoms with Crippen molar-refractivity contribution in [3.05, 3.63) is 95.8 Å². The van der Waals surface area contributed by atoms with Gasteiger partial charge >= 0.3 is 5.97 Å². The summed E-state index contributed by atoms with van der Waals surface area (Å²) in [5.74, 6) is -2.37. The number of carbonyl (C=O) groups excluding carboxylic acids is 2. The van der Waals surface area contributed by atoms with Gasteiger partial charge in [0.2, 0.25) is 0 Å². The highest BCUT2D eigenvalue weighted by atomic mass is 19.1. The average Bonchev–Trinajstić information content (AvgIpc) is 3.33. The van der Waals surface area contributed by atoms with E-state index in [2.05, 4.69) is 20.5 Å². The van der Waals surface area contributed by atoms with Crippen LogP contribution in [0.3, 0.4) is 0 Å². The number of hydrogen-bond donors (Lipinski definition) is 2. The first-order chi connectivity index (χ1) is 16.5. The molecule has 0 bridgehead atoms. The molecule has 34 heavy (non-hydrogen) atoms. The van der Waals surface area contributed by atoms with Crippen molar-refractivity contribution >= 4 is 11.9 Å². The second kappa shape index (κ2) is 10.0. The minimum absolute atomic E-state index is 0.00392. The number of nitrogens with one attached hydrogen (secondary N) is 2. The van der Waals surface area contributed by atoms with Crippen molar-refractivity contribution in [2.45, 2.75) is 12.5 Å². The Balaban J connectivity index is 1.64. The van der Waals surface area contributed by atoms with Gasteiger partial charge in [0.05, 0.1) is 24.1 Å². The molecule has 0 fully saturated rings. The lowest BCUT2D eigenvalue weighted by atomic mass is 10.0. The SMILES string of the molecule is COC(=O)[C@@H](Cc1ccccn1)NC(=O)c1cccc(F)c1-c1cc(-c2ccc(F)cc2)n[nH]1. The summed E-state index contributed by atoms with van der Waals surface area (Å²) in [4.78, 5) is 29.6. The molecule has 0 spiro atoms. The van der Waals surface area contributed by atoms with Gasteiger partial charge in [-0.05, 0) is 54.6 Å². The van der Waals surface area contributed by atoms with Crippen LogP contribution in [0.2, 0.25) is 0 Å². The molecule has 2 aromatic heterocycles. The minimum atomic E-state index is -1.03. The van der Waals surface area contributed by atoms with Gasteiger partial charge in [-0.3, -0.25) is 14.9 Å². The number of aromatic amines is 1. The van der Waals surface area contributed by atoms with Crippen LogP contribution in [0.4, 0.5) is 8.78 Å². The molecule has 1 atom stereocenters. The molecule has 0 aliphatic carbocycles. The van der Waals surface area contributed by atoms with E-state index >= 15 is 0 Å². The molecule has 172 valence electrons. The molecule has 9 heteroatoms. The fourth-order valence-electron chi connectivity index (χ4n) is 3.50. The zero-order chi connectivity index (χ0) is 24.1. The van der Waals surface area contributed by atoms with Gasteiger partial charge < -0.3 is 10.1 Å². The van der Waals surface area contributed by atoms with E-state index in [-0.39, 0.29) is 23.2 Å². The Morgan fingerprint density at radius 3 is 2.56 bits per heavy atom. The number of H-pyrrole nitrogens is 1. The van der Waals surface area contributed by atoms with Gasteiger partial charge in [-0.15, -0.1) is 0 Å². The molecular formula is C25H20F2N4O3. The van der Waals surface area contributed by atoms with Gasteiger partial charge in [0.15, 0.2) is 0 Å². The predicted molar refractivity (Wildman–Crippen MR) is 121 cm³/mol. The van der Waals surface area contributed by atoms with Gasteiger partial charge in [-0.2, -0.15) is 5.10 Å². The molecule has 4 rings (SSSR count). The number of hydrogen-bond acceptors (Lipinski definition) is 5. The smallest absolute Gasteiger partial charge is 0.328 e. The summed E-state index contributed by atoms with van der Waals surface area (Å²) in [5.41, 5.74) is 1.89. The lowest BCUT2D eigenvalue weighted by Gasteiger charge is -2.17. The van der Waals surface area contributed by atoms with Crippen molar-refractivity contribution in [1.82, 2.24) is 20.5 Å². The van der Waals surface area contributed by atoms with Crippen LogP contribution in [0.15, 0.2) is 72.9 Å². The van der Waals surface area contributed by atoms with Crippen LogP contribution in [0.5, 0.6) is 0 Å². The summed E-state index contributed by atoms with van der Waals surface area (Å²) in [7, 11) is 1.22. The van der Waals surface area contributed by atoms with Crippen molar-refractivity contribution in [3.8, 4) is 22.5 Å². The molecule has 0 radical (unpaired) electrons. The molecule has 4 aromatic rings. The first-order valence-corrected chi connectivity index (χ1v) is 10.3. The van der Waals surface area contributed by atoms with Crippen LogP contribution in [-0.4, -0.2) is 40.2 Å². The highest BCUT2D eigenvalue weighted by Crippen LogP contribution is 2.29. The number of halogens is 2. The Bertz CT molecular complexity index is 1310. The van der Waals surface area contributed by atoms with Gasteiger partial charge in [0.1, 0.15) is 17.7 Å². The van der Waals surface area contributed by atoms with Crippen LogP contribution < -0.4 is 5.32 Å². The van der Waals surface area contributed by atoms with Crippen LogP contribution in [0, 0.1) is 11.6 Å². The molecule has 0 saturated carbocycles. The van der Waals surface area contributed by atoms with Crippen molar-refractivity contribution in [1.29, 1.82) is 0 Å². The van der Waals surface area contributed by atoms with Crippen LogP contribution in [0.1, 0.15) is 16.1 Å². The number of rotatable bonds is 7. The van der Waals surface area contributed by atoms with E-state index in [9.17, 15) is 18.4 Å². The zero-order valence-corrected chi connectivity index (χ0v) is 18.1. The highest BCUT2D eigenvalue weighted by Gasteiger charge is 2.26. The van der Waals surface area contributed by atoms with Crippen molar-refractivity contribution < 1.29 is 23.1 Å². The van der Waals surface area contributed by atoms with Gasteiger partial charge in [-0.25, -0.2) is 13.6 Å². The molecule has 1 amide bonds. The second-order valence-electron chi connectivity index (χ2n) is 7.41. The standard InChI is InChI=1S/C25H20F2N4O3/c1-34-25(33)22(13-17-5-2-3-12-28-17)29-24(32)18-6-4-7-19(27)23(18)21-14-20(30-31-21)15-8-10-16(26)11-9-15/h2-12,14,22H,13H2,1H3,(H,29,32)(H,30,31)/t22-/m1/s1. The summed E-state index contributed by atoms with van der Waals surface area (Å²) >= 11 is 0. The number of methoxy groups -OCH3 is 1. The molecule has 2 aromatic carbocycles. The van der Waals surface area contributed by atoms with E-state index < -0.39 is 29.6 Å². The van der Waals surface area contributed by atoms with Crippen LogP contribution in [0.25, 0.3) is 22.5 Å². The number of aromatic nitrogens is 3. The summed E-state index contributed by atoms with van der Waals surface area (Å²) < 4.78 is 32.9. The zero-order valence-electron chi connectivity index (χ0n) is 18.1.